The van der Waals surface area contributed by atoms with Crippen LogP contribution in [0.1, 0.15) is 5.69 Å². The first-order chi connectivity index (χ1) is 10.1. The number of nitrogens with one attached hydrogen (secondary N) is 1. The number of pyridine rings is 1. The minimum Gasteiger partial charge on any atom is -0.481 e. The highest BCUT2D eigenvalue weighted by molar-refractivity contribution is 7.99. The van der Waals surface area contributed by atoms with Gasteiger partial charge in [-0.15, -0.1) is 0 Å². The molecule has 0 amide bonds. The van der Waals surface area contributed by atoms with Crippen molar-refractivity contribution in [3.05, 3.63) is 39.2 Å². The van der Waals surface area contributed by atoms with Crippen LogP contribution in [0.15, 0.2) is 33.8 Å². The molecule has 3 rings (SSSR count). The average Bonchev–Trinajstić information content (AvgIpc) is 3.01. The number of thiazole rings is 1. The summed E-state index contributed by atoms with van der Waals surface area (Å²) in [5, 5.41) is 11.2. The van der Waals surface area contributed by atoms with E-state index in [1.807, 2.05) is 10.6 Å². The summed E-state index contributed by atoms with van der Waals surface area (Å²) < 4.78 is 1.88. The van der Waals surface area contributed by atoms with Crippen LogP contribution in [0.25, 0.3) is 11.0 Å². The van der Waals surface area contributed by atoms with E-state index < -0.39 is 5.97 Å². The van der Waals surface area contributed by atoms with E-state index in [1.54, 1.807) is 17.8 Å². The van der Waals surface area contributed by atoms with Gasteiger partial charge in [-0.1, -0.05) is 23.1 Å². The van der Waals surface area contributed by atoms with Crippen LogP contribution in [0, 0.1) is 0 Å². The van der Waals surface area contributed by atoms with E-state index in [4.69, 9.17) is 5.11 Å². The molecule has 7 nitrogen and oxygen atoms in total. The summed E-state index contributed by atoms with van der Waals surface area (Å²) in [6.07, 6.45) is 3.29. The van der Waals surface area contributed by atoms with Crippen molar-refractivity contribution < 1.29 is 9.90 Å². The fourth-order valence-corrected chi connectivity index (χ4v) is 3.22. The van der Waals surface area contributed by atoms with E-state index >= 15 is 0 Å². The van der Waals surface area contributed by atoms with Gasteiger partial charge < -0.3 is 14.7 Å². The second-order valence-corrected chi connectivity index (χ2v) is 5.99. The summed E-state index contributed by atoms with van der Waals surface area (Å²) in [5.74, 6) is -0.975. The molecule has 0 atom stereocenters. The summed E-state index contributed by atoms with van der Waals surface area (Å²) in [6, 6.07) is 1.82. The monoisotopic (exact) mass is 322 g/mol. The topological polar surface area (TPSA) is 101 Å². The summed E-state index contributed by atoms with van der Waals surface area (Å²) in [5.41, 5.74) is 2.31. The first-order valence-electron chi connectivity index (χ1n) is 5.95. The Bertz CT molecular complexity index is 851. The van der Waals surface area contributed by atoms with Crippen LogP contribution >= 0.6 is 23.1 Å². The maximum atomic E-state index is 11.2. The van der Waals surface area contributed by atoms with Crippen LogP contribution < -0.4 is 4.87 Å². The van der Waals surface area contributed by atoms with Gasteiger partial charge in [-0.3, -0.25) is 14.6 Å². The first-order valence-corrected chi connectivity index (χ1v) is 7.81. The predicted molar refractivity (Wildman–Crippen MR) is 79.9 cm³/mol. The van der Waals surface area contributed by atoms with Gasteiger partial charge in [-0.05, 0) is 6.07 Å². The van der Waals surface area contributed by atoms with Gasteiger partial charge in [0.25, 0.3) is 0 Å². The number of fused-ring (bicyclic) bond motifs is 1. The molecule has 0 aliphatic heterocycles. The Hall–Kier alpha value is -2.13. The van der Waals surface area contributed by atoms with Gasteiger partial charge >= 0.3 is 10.8 Å². The van der Waals surface area contributed by atoms with Crippen molar-refractivity contribution >= 4 is 40.1 Å². The molecule has 0 saturated carbocycles. The molecule has 0 spiro atoms. The van der Waals surface area contributed by atoms with Gasteiger partial charge in [0.05, 0.1) is 24.0 Å². The second kappa shape index (κ2) is 5.70. The Morgan fingerprint density at radius 2 is 2.38 bits per heavy atom. The van der Waals surface area contributed by atoms with E-state index in [1.165, 1.54) is 0 Å². The number of aromatic nitrogens is 4. The largest absolute Gasteiger partial charge is 0.481 e. The third-order valence-electron chi connectivity index (χ3n) is 2.74. The van der Waals surface area contributed by atoms with E-state index in [2.05, 4.69) is 15.0 Å². The third-order valence-corrected chi connectivity index (χ3v) is 4.42. The molecule has 0 bridgehead atoms. The van der Waals surface area contributed by atoms with Gasteiger partial charge in [0, 0.05) is 17.3 Å². The molecule has 3 heterocycles. The van der Waals surface area contributed by atoms with Gasteiger partial charge in [-0.2, -0.15) is 0 Å². The number of thioether (sulfide) groups is 1. The molecule has 2 N–H and O–H groups in total. The smallest absolute Gasteiger partial charge is 0.313 e. The van der Waals surface area contributed by atoms with Crippen molar-refractivity contribution in [1.29, 1.82) is 0 Å². The highest BCUT2D eigenvalue weighted by atomic mass is 32.2. The van der Waals surface area contributed by atoms with Gasteiger partial charge in [-0.25, -0.2) is 4.98 Å². The molecule has 21 heavy (non-hydrogen) atoms. The van der Waals surface area contributed by atoms with E-state index in [9.17, 15) is 9.59 Å². The van der Waals surface area contributed by atoms with Crippen LogP contribution in [0.4, 0.5) is 0 Å². The van der Waals surface area contributed by atoms with Gasteiger partial charge in [0.15, 0.2) is 5.16 Å². The van der Waals surface area contributed by atoms with E-state index in [0.29, 0.717) is 17.2 Å². The molecule has 108 valence electrons. The molecule has 0 fully saturated rings. The lowest BCUT2D eigenvalue weighted by Gasteiger charge is -2.06. The number of imidazole rings is 1. The Morgan fingerprint density at radius 1 is 1.52 bits per heavy atom. The summed E-state index contributed by atoms with van der Waals surface area (Å²) in [7, 11) is 0. The molecule has 0 unspecified atom stereocenters. The van der Waals surface area contributed by atoms with Crippen LogP contribution in [0.3, 0.4) is 0 Å². The summed E-state index contributed by atoms with van der Waals surface area (Å²) in [6.45, 7) is 0.432. The molecule has 3 aromatic heterocycles. The van der Waals surface area contributed by atoms with Gasteiger partial charge in [0.1, 0.15) is 5.52 Å². The minimum atomic E-state index is -0.902. The van der Waals surface area contributed by atoms with Crippen molar-refractivity contribution in [2.45, 2.75) is 11.7 Å². The number of hydrogen-bond acceptors (Lipinski definition) is 6. The molecular weight excluding hydrogens is 312 g/mol. The number of rotatable bonds is 5. The molecule has 0 aromatic carbocycles. The average molecular weight is 322 g/mol. The predicted octanol–water partition coefficient (Wildman–Crippen LogP) is 1.41. The molecular formula is C12H10N4O3S2. The number of aromatic amines is 1. The second-order valence-electron chi connectivity index (χ2n) is 4.20. The first kappa shape index (κ1) is 13.8. The molecule has 0 aliphatic rings. The van der Waals surface area contributed by atoms with Crippen molar-refractivity contribution in [1.82, 2.24) is 19.5 Å². The van der Waals surface area contributed by atoms with Crippen molar-refractivity contribution in [3.8, 4) is 0 Å². The number of aliphatic carboxylic acids is 1. The fraction of sp³-hybridized carbons (Fsp3) is 0.167. The highest BCUT2D eigenvalue weighted by Gasteiger charge is 2.13. The maximum Gasteiger partial charge on any atom is 0.313 e. The van der Waals surface area contributed by atoms with E-state index in [0.717, 1.165) is 34.3 Å². The zero-order valence-corrected chi connectivity index (χ0v) is 12.3. The molecule has 0 radical (unpaired) electrons. The van der Waals surface area contributed by atoms with Crippen molar-refractivity contribution in [2.24, 2.45) is 0 Å². The summed E-state index contributed by atoms with van der Waals surface area (Å²) in [4.78, 5) is 33.0. The number of carbonyl (C=O) groups is 1. The number of carboxylic acid groups (broad SMARTS) is 1. The number of H-pyrrole nitrogens is 1. The van der Waals surface area contributed by atoms with Crippen molar-refractivity contribution in [2.75, 3.05) is 5.75 Å². The van der Waals surface area contributed by atoms with Crippen LogP contribution in [0.2, 0.25) is 0 Å². The third kappa shape index (κ3) is 2.98. The van der Waals surface area contributed by atoms with Gasteiger partial charge in [0.2, 0.25) is 0 Å². The van der Waals surface area contributed by atoms with Crippen LogP contribution in [-0.4, -0.2) is 36.3 Å². The Balaban J connectivity index is 2.02. The van der Waals surface area contributed by atoms with E-state index in [-0.39, 0.29) is 10.6 Å². The fourth-order valence-electron chi connectivity index (χ4n) is 1.91. The zero-order chi connectivity index (χ0) is 14.8. The Morgan fingerprint density at radius 3 is 3.10 bits per heavy atom. The van der Waals surface area contributed by atoms with Crippen molar-refractivity contribution in [3.63, 3.8) is 0 Å². The number of carboxylic acids is 1. The Kier molecular flexibility index (Phi) is 3.76. The lowest BCUT2D eigenvalue weighted by molar-refractivity contribution is -0.133. The Labute approximate surface area is 126 Å². The lowest BCUT2D eigenvalue weighted by Crippen LogP contribution is -2.06. The molecule has 0 aliphatic carbocycles. The normalized spacial score (nSPS) is 11.0. The standard InChI is InChI=1S/C12H10N4O3S2/c17-10(18)6-20-11-15-8-3-13-2-1-9(8)16(11)4-7-5-21-12(19)14-7/h1-3,5H,4,6H2,(H,14,19)(H,17,18). The SMILES string of the molecule is O=C(O)CSc1nc2cnccc2n1Cc1csc(=O)[nH]1. The zero-order valence-electron chi connectivity index (χ0n) is 10.6. The quantitative estimate of drug-likeness (QED) is 0.689. The molecule has 9 heteroatoms. The molecule has 3 aromatic rings. The number of nitrogens with zero attached hydrogens (tertiary/aromatic N) is 3. The molecule has 0 saturated heterocycles. The summed E-state index contributed by atoms with van der Waals surface area (Å²) >= 11 is 2.24. The lowest BCUT2D eigenvalue weighted by atomic mass is 10.4. The van der Waals surface area contributed by atoms with Crippen LogP contribution in [-0.2, 0) is 11.3 Å². The minimum absolute atomic E-state index is 0.0725. The number of hydrogen-bond donors (Lipinski definition) is 2. The maximum absolute atomic E-state index is 11.2. The van der Waals surface area contributed by atoms with Crippen LogP contribution in [0.5, 0.6) is 0 Å². The highest BCUT2D eigenvalue weighted by Crippen LogP contribution is 2.24.